The summed E-state index contributed by atoms with van der Waals surface area (Å²) >= 11 is 6.28. The van der Waals surface area contributed by atoms with Gasteiger partial charge in [0.2, 0.25) is 5.95 Å². The lowest BCUT2D eigenvalue weighted by Crippen LogP contribution is -1.97. The molecule has 0 amide bonds. The topological polar surface area (TPSA) is 73.8 Å². The van der Waals surface area contributed by atoms with Crippen LogP contribution in [0.5, 0.6) is 5.75 Å². The Balaban J connectivity index is 1.48. The first-order valence-corrected chi connectivity index (χ1v) is 9.13. The number of phenolic OH excluding ortho intramolecular Hbond substituents is 1. The lowest BCUT2D eigenvalue weighted by Gasteiger charge is -2.09. The number of nitrogens with zero attached hydrogens (tertiary/aromatic N) is 2. The molecular weight excluding hydrogens is 372 g/mol. The third-order valence-corrected chi connectivity index (χ3v) is 4.98. The molecule has 0 aliphatic carbocycles. The average molecular weight is 387 g/mol. The Labute approximate surface area is 165 Å². The fourth-order valence-electron chi connectivity index (χ4n) is 3.25. The van der Waals surface area contributed by atoms with Gasteiger partial charge in [-0.25, -0.2) is 9.97 Å². The van der Waals surface area contributed by atoms with E-state index in [9.17, 15) is 5.11 Å². The van der Waals surface area contributed by atoms with Gasteiger partial charge in [-0.2, -0.15) is 0 Å². The maximum Gasteiger partial charge on any atom is 0.227 e. The Hall–Kier alpha value is -3.57. The van der Waals surface area contributed by atoms with Crippen LogP contribution < -0.4 is 5.32 Å². The van der Waals surface area contributed by atoms with Gasteiger partial charge in [0.1, 0.15) is 5.75 Å². The van der Waals surface area contributed by atoms with E-state index in [4.69, 9.17) is 11.6 Å². The van der Waals surface area contributed by atoms with Crippen molar-refractivity contribution < 1.29 is 5.11 Å². The molecule has 136 valence electrons. The van der Waals surface area contributed by atoms with E-state index in [2.05, 4.69) is 20.3 Å². The Morgan fingerprint density at radius 2 is 1.86 bits per heavy atom. The van der Waals surface area contributed by atoms with Crippen molar-refractivity contribution in [1.29, 1.82) is 0 Å². The molecule has 0 spiro atoms. The number of aromatic hydroxyl groups is 1. The van der Waals surface area contributed by atoms with Gasteiger partial charge < -0.3 is 15.4 Å². The fourth-order valence-corrected chi connectivity index (χ4v) is 3.48. The van der Waals surface area contributed by atoms with Gasteiger partial charge in [0, 0.05) is 39.6 Å². The summed E-state index contributed by atoms with van der Waals surface area (Å²) in [5, 5.41) is 15.6. The fraction of sp³-hybridized carbons (Fsp3) is 0. The van der Waals surface area contributed by atoms with Gasteiger partial charge >= 0.3 is 0 Å². The SMILES string of the molecule is Oc1ccc(Cl)c(-c2ccc3nc(Nc4ccc5cc[nH]c5c4)ncc3c2)c1. The number of hydrogen-bond donors (Lipinski definition) is 3. The molecule has 0 aliphatic rings. The highest BCUT2D eigenvalue weighted by Crippen LogP contribution is 2.32. The van der Waals surface area contributed by atoms with Crippen LogP contribution in [0.4, 0.5) is 11.6 Å². The van der Waals surface area contributed by atoms with Crippen molar-refractivity contribution in [3.05, 3.63) is 78.1 Å². The second-order valence-corrected chi connectivity index (χ2v) is 6.94. The van der Waals surface area contributed by atoms with Crippen LogP contribution in [0, 0.1) is 0 Å². The molecule has 28 heavy (non-hydrogen) atoms. The van der Waals surface area contributed by atoms with Crippen LogP contribution in [0.15, 0.2) is 73.1 Å². The van der Waals surface area contributed by atoms with E-state index in [-0.39, 0.29) is 5.75 Å². The van der Waals surface area contributed by atoms with Gasteiger partial charge in [0.15, 0.2) is 0 Å². The molecule has 6 heteroatoms. The third-order valence-electron chi connectivity index (χ3n) is 4.65. The first-order valence-electron chi connectivity index (χ1n) is 8.76. The zero-order valence-corrected chi connectivity index (χ0v) is 15.4. The number of nitrogens with one attached hydrogen (secondary N) is 2. The first-order chi connectivity index (χ1) is 13.7. The molecule has 0 bridgehead atoms. The standard InChI is InChI=1S/C22H15ClN4O/c23-19-5-4-17(28)11-18(19)14-2-6-20-15(9-14)12-25-22(27-20)26-16-3-1-13-7-8-24-21(13)10-16/h1-12,24,28H,(H,25,26,27). The van der Waals surface area contributed by atoms with E-state index in [0.717, 1.165) is 38.6 Å². The molecule has 5 aromatic rings. The summed E-state index contributed by atoms with van der Waals surface area (Å²) in [7, 11) is 0. The average Bonchev–Trinajstić information content (AvgIpc) is 3.17. The lowest BCUT2D eigenvalue weighted by atomic mass is 10.0. The molecule has 0 fully saturated rings. The highest BCUT2D eigenvalue weighted by Gasteiger charge is 2.08. The predicted molar refractivity (Wildman–Crippen MR) is 113 cm³/mol. The molecule has 5 rings (SSSR count). The van der Waals surface area contributed by atoms with Crippen molar-refractivity contribution in [1.82, 2.24) is 15.0 Å². The van der Waals surface area contributed by atoms with E-state index in [0.29, 0.717) is 11.0 Å². The minimum Gasteiger partial charge on any atom is -0.508 e. The van der Waals surface area contributed by atoms with Crippen molar-refractivity contribution in [2.24, 2.45) is 0 Å². The van der Waals surface area contributed by atoms with Gasteiger partial charge in [-0.1, -0.05) is 23.7 Å². The normalized spacial score (nSPS) is 11.2. The number of fused-ring (bicyclic) bond motifs is 2. The molecular formula is C22H15ClN4O. The lowest BCUT2D eigenvalue weighted by molar-refractivity contribution is 0.475. The predicted octanol–water partition coefficient (Wildman–Crippen LogP) is 5.88. The van der Waals surface area contributed by atoms with E-state index in [1.54, 1.807) is 24.4 Å². The van der Waals surface area contributed by atoms with Gasteiger partial charge in [-0.15, -0.1) is 0 Å². The van der Waals surface area contributed by atoms with E-state index in [1.807, 2.05) is 48.7 Å². The van der Waals surface area contributed by atoms with Crippen molar-refractivity contribution in [2.75, 3.05) is 5.32 Å². The molecule has 3 N–H and O–H groups in total. The number of H-pyrrole nitrogens is 1. The summed E-state index contributed by atoms with van der Waals surface area (Å²) in [5.74, 6) is 0.705. The van der Waals surface area contributed by atoms with Crippen molar-refractivity contribution in [3.63, 3.8) is 0 Å². The zero-order chi connectivity index (χ0) is 19.1. The third kappa shape index (κ3) is 3.02. The van der Waals surface area contributed by atoms with E-state index >= 15 is 0 Å². The summed E-state index contributed by atoms with van der Waals surface area (Å²) in [6, 6.07) is 18.8. The number of benzene rings is 3. The highest BCUT2D eigenvalue weighted by molar-refractivity contribution is 6.33. The van der Waals surface area contributed by atoms with Crippen LogP contribution in [0.3, 0.4) is 0 Å². The van der Waals surface area contributed by atoms with Crippen molar-refractivity contribution in [3.8, 4) is 16.9 Å². The minimum atomic E-state index is 0.175. The smallest absolute Gasteiger partial charge is 0.227 e. The molecule has 2 aromatic heterocycles. The van der Waals surface area contributed by atoms with Crippen molar-refractivity contribution >= 4 is 45.0 Å². The number of hydrogen-bond acceptors (Lipinski definition) is 4. The van der Waals surface area contributed by atoms with Crippen LogP contribution in [0.2, 0.25) is 5.02 Å². The molecule has 0 radical (unpaired) electrons. The number of phenols is 1. The van der Waals surface area contributed by atoms with E-state index < -0.39 is 0 Å². The van der Waals surface area contributed by atoms with Crippen LogP contribution in [0.25, 0.3) is 32.9 Å². The Morgan fingerprint density at radius 1 is 0.929 bits per heavy atom. The molecule has 2 heterocycles. The quantitative estimate of drug-likeness (QED) is 0.362. The molecule has 0 saturated carbocycles. The highest BCUT2D eigenvalue weighted by atomic mass is 35.5. The summed E-state index contributed by atoms with van der Waals surface area (Å²) < 4.78 is 0. The van der Waals surface area contributed by atoms with Gasteiger partial charge in [-0.05, 0) is 59.5 Å². The Morgan fingerprint density at radius 3 is 2.79 bits per heavy atom. The van der Waals surface area contributed by atoms with Gasteiger partial charge in [-0.3, -0.25) is 0 Å². The molecule has 5 nitrogen and oxygen atoms in total. The molecule has 3 aromatic carbocycles. The van der Waals surface area contributed by atoms with Crippen LogP contribution >= 0.6 is 11.6 Å². The Kier molecular flexibility index (Phi) is 3.88. The second-order valence-electron chi connectivity index (χ2n) is 6.54. The summed E-state index contributed by atoms with van der Waals surface area (Å²) in [6.07, 6.45) is 3.69. The number of aromatic amines is 1. The summed E-state index contributed by atoms with van der Waals surface area (Å²) in [5.41, 5.74) is 4.45. The summed E-state index contributed by atoms with van der Waals surface area (Å²) in [4.78, 5) is 12.2. The minimum absolute atomic E-state index is 0.175. The van der Waals surface area contributed by atoms with Crippen molar-refractivity contribution in [2.45, 2.75) is 0 Å². The number of anilines is 2. The second kappa shape index (κ2) is 6.55. The monoisotopic (exact) mass is 386 g/mol. The Bertz CT molecular complexity index is 1330. The molecule has 0 aliphatic heterocycles. The molecule has 0 saturated heterocycles. The maximum atomic E-state index is 9.75. The molecule has 0 unspecified atom stereocenters. The first kappa shape index (κ1) is 16.6. The molecule has 0 atom stereocenters. The largest absolute Gasteiger partial charge is 0.508 e. The zero-order valence-electron chi connectivity index (χ0n) is 14.6. The van der Waals surface area contributed by atoms with Crippen LogP contribution in [0.1, 0.15) is 0 Å². The summed E-state index contributed by atoms with van der Waals surface area (Å²) in [6.45, 7) is 0. The van der Waals surface area contributed by atoms with Gasteiger partial charge in [0.05, 0.1) is 5.52 Å². The van der Waals surface area contributed by atoms with Crippen LogP contribution in [-0.2, 0) is 0 Å². The maximum absolute atomic E-state index is 9.75. The van der Waals surface area contributed by atoms with Gasteiger partial charge in [0.25, 0.3) is 0 Å². The number of halogens is 1. The van der Waals surface area contributed by atoms with E-state index in [1.165, 1.54) is 0 Å². The van der Waals surface area contributed by atoms with Crippen LogP contribution in [-0.4, -0.2) is 20.1 Å². The number of rotatable bonds is 3. The number of aromatic nitrogens is 3.